The maximum Gasteiger partial charge on any atom is 0.315 e. The quantitative estimate of drug-likeness (QED) is 0.511. The third-order valence-corrected chi connectivity index (χ3v) is 3.53. The van der Waals surface area contributed by atoms with Crippen molar-refractivity contribution in [1.29, 1.82) is 0 Å². The summed E-state index contributed by atoms with van der Waals surface area (Å²) in [4.78, 5) is 21.9. The molecule has 3 N–H and O–H groups in total. The number of carbonyl (C=O) groups is 2. The van der Waals surface area contributed by atoms with Crippen molar-refractivity contribution in [3.05, 3.63) is 0 Å². The van der Waals surface area contributed by atoms with E-state index < -0.39 is 5.97 Å². The van der Waals surface area contributed by atoms with E-state index in [9.17, 15) is 9.59 Å². The molecule has 0 aromatic heterocycles. The van der Waals surface area contributed by atoms with Crippen LogP contribution in [-0.4, -0.2) is 41.7 Å². The maximum absolute atomic E-state index is 11.6. The lowest BCUT2D eigenvalue weighted by Crippen LogP contribution is -2.43. The zero-order chi connectivity index (χ0) is 14.5. The summed E-state index contributed by atoms with van der Waals surface area (Å²) < 4.78 is 0. The molecule has 0 saturated heterocycles. The number of hydrogen-bond acceptors (Lipinski definition) is 3. The molecule has 2 amide bonds. The lowest BCUT2D eigenvalue weighted by Gasteiger charge is -2.16. The molecule has 0 saturated carbocycles. The van der Waals surface area contributed by atoms with Gasteiger partial charge in [-0.05, 0) is 25.5 Å². The second kappa shape index (κ2) is 12.1. The van der Waals surface area contributed by atoms with Crippen LogP contribution in [0.25, 0.3) is 0 Å². The van der Waals surface area contributed by atoms with Crippen LogP contribution in [0.5, 0.6) is 0 Å². The Morgan fingerprint density at radius 2 is 1.89 bits per heavy atom. The van der Waals surface area contributed by atoms with Gasteiger partial charge in [-0.3, -0.25) is 4.79 Å². The van der Waals surface area contributed by atoms with Gasteiger partial charge in [-0.25, -0.2) is 4.79 Å². The minimum Gasteiger partial charge on any atom is -0.481 e. The SMILES string of the molecule is CCC(CSC)NC(=O)NCCCCCCC(=O)O. The number of carboxylic acids is 1. The van der Waals surface area contributed by atoms with E-state index in [-0.39, 0.29) is 18.5 Å². The van der Waals surface area contributed by atoms with E-state index in [1.165, 1.54) is 0 Å². The maximum atomic E-state index is 11.6. The summed E-state index contributed by atoms with van der Waals surface area (Å²) in [5, 5.41) is 14.2. The van der Waals surface area contributed by atoms with Crippen molar-refractivity contribution in [3.8, 4) is 0 Å². The fraction of sp³-hybridized carbons (Fsp3) is 0.846. The van der Waals surface area contributed by atoms with Crippen LogP contribution in [-0.2, 0) is 4.79 Å². The fourth-order valence-corrected chi connectivity index (χ4v) is 2.38. The lowest BCUT2D eigenvalue weighted by molar-refractivity contribution is -0.137. The Labute approximate surface area is 119 Å². The molecule has 1 unspecified atom stereocenters. The van der Waals surface area contributed by atoms with Crippen molar-refractivity contribution in [2.24, 2.45) is 0 Å². The number of urea groups is 1. The molecule has 0 aromatic carbocycles. The van der Waals surface area contributed by atoms with Crippen molar-refractivity contribution in [3.63, 3.8) is 0 Å². The molecule has 0 aliphatic rings. The molecule has 0 aliphatic heterocycles. The van der Waals surface area contributed by atoms with Gasteiger partial charge < -0.3 is 15.7 Å². The van der Waals surface area contributed by atoms with E-state index >= 15 is 0 Å². The number of thioether (sulfide) groups is 1. The third-order valence-electron chi connectivity index (χ3n) is 2.80. The van der Waals surface area contributed by atoms with Crippen LogP contribution in [0.15, 0.2) is 0 Å². The highest BCUT2D eigenvalue weighted by Gasteiger charge is 2.08. The van der Waals surface area contributed by atoms with Crippen LogP contribution in [0.3, 0.4) is 0 Å². The Balaban J connectivity index is 3.45. The van der Waals surface area contributed by atoms with E-state index in [4.69, 9.17) is 5.11 Å². The van der Waals surface area contributed by atoms with Crippen LogP contribution in [0.4, 0.5) is 4.79 Å². The molecule has 0 fully saturated rings. The predicted molar refractivity (Wildman–Crippen MR) is 79.7 cm³/mol. The average molecular weight is 290 g/mol. The first kappa shape index (κ1) is 18.1. The van der Waals surface area contributed by atoms with Gasteiger partial charge in [0.2, 0.25) is 0 Å². The predicted octanol–water partition coefficient (Wildman–Crippen LogP) is 2.46. The minimum absolute atomic E-state index is 0.105. The van der Waals surface area contributed by atoms with Crippen molar-refractivity contribution < 1.29 is 14.7 Å². The normalized spacial score (nSPS) is 11.9. The number of carbonyl (C=O) groups excluding carboxylic acids is 1. The second-order valence-electron chi connectivity index (χ2n) is 4.52. The molecule has 0 heterocycles. The first-order valence-electron chi connectivity index (χ1n) is 6.85. The van der Waals surface area contributed by atoms with Gasteiger partial charge in [-0.15, -0.1) is 0 Å². The van der Waals surface area contributed by atoms with Crippen LogP contribution < -0.4 is 10.6 Å². The molecule has 0 bridgehead atoms. The smallest absolute Gasteiger partial charge is 0.315 e. The van der Waals surface area contributed by atoms with Crippen molar-refractivity contribution in [1.82, 2.24) is 10.6 Å². The highest BCUT2D eigenvalue weighted by atomic mass is 32.2. The van der Waals surface area contributed by atoms with Crippen LogP contribution in [0, 0.1) is 0 Å². The Morgan fingerprint density at radius 3 is 2.47 bits per heavy atom. The molecule has 0 rings (SSSR count). The average Bonchev–Trinajstić information content (AvgIpc) is 2.36. The second-order valence-corrected chi connectivity index (χ2v) is 5.43. The highest BCUT2D eigenvalue weighted by molar-refractivity contribution is 7.98. The first-order chi connectivity index (χ1) is 9.10. The van der Waals surface area contributed by atoms with Crippen LogP contribution in [0.1, 0.15) is 45.4 Å². The largest absolute Gasteiger partial charge is 0.481 e. The summed E-state index contributed by atoms with van der Waals surface area (Å²) in [6.07, 6.45) is 6.67. The number of hydrogen-bond donors (Lipinski definition) is 3. The molecular weight excluding hydrogens is 264 g/mol. The molecule has 0 aliphatic carbocycles. The summed E-state index contributed by atoms with van der Waals surface area (Å²) in [6, 6.07) is 0.122. The summed E-state index contributed by atoms with van der Waals surface area (Å²) in [6.45, 7) is 2.71. The Bertz CT molecular complexity index is 262. The van der Waals surface area contributed by atoms with Gasteiger partial charge in [0.05, 0.1) is 0 Å². The van der Waals surface area contributed by atoms with Crippen LogP contribution in [0.2, 0.25) is 0 Å². The van der Waals surface area contributed by atoms with Gasteiger partial charge in [-0.2, -0.15) is 11.8 Å². The topological polar surface area (TPSA) is 78.4 Å². The number of amides is 2. The lowest BCUT2D eigenvalue weighted by atomic mass is 10.1. The summed E-state index contributed by atoms with van der Waals surface area (Å²) in [7, 11) is 0. The minimum atomic E-state index is -0.739. The van der Waals surface area contributed by atoms with Gasteiger partial charge in [-0.1, -0.05) is 19.8 Å². The molecule has 5 nitrogen and oxygen atoms in total. The molecule has 0 radical (unpaired) electrons. The number of unbranched alkanes of at least 4 members (excludes halogenated alkanes) is 3. The number of rotatable bonds is 11. The summed E-state index contributed by atoms with van der Waals surface area (Å²) in [5.41, 5.74) is 0. The van der Waals surface area contributed by atoms with Gasteiger partial charge in [0.15, 0.2) is 0 Å². The van der Waals surface area contributed by atoms with Gasteiger partial charge >= 0.3 is 12.0 Å². The summed E-state index contributed by atoms with van der Waals surface area (Å²) in [5.74, 6) is 0.191. The van der Waals surface area contributed by atoms with Gasteiger partial charge in [0.1, 0.15) is 0 Å². The van der Waals surface area contributed by atoms with E-state index in [2.05, 4.69) is 17.6 Å². The van der Waals surface area contributed by atoms with Crippen molar-refractivity contribution in [2.75, 3.05) is 18.6 Å². The zero-order valence-electron chi connectivity index (χ0n) is 11.9. The standard InChI is InChI=1S/C13H26N2O3S/c1-3-11(10-19-2)15-13(18)14-9-7-5-4-6-8-12(16)17/h11H,3-10H2,1-2H3,(H,16,17)(H2,14,15,18). The Hall–Kier alpha value is -0.910. The molecule has 0 spiro atoms. The van der Waals surface area contributed by atoms with Crippen LogP contribution >= 0.6 is 11.8 Å². The van der Waals surface area contributed by atoms with E-state index in [1.54, 1.807) is 11.8 Å². The number of aliphatic carboxylic acids is 1. The monoisotopic (exact) mass is 290 g/mol. The van der Waals surface area contributed by atoms with E-state index in [0.29, 0.717) is 13.0 Å². The Morgan fingerprint density at radius 1 is 1.21 bits per heavy atom. The van der Waals surface area contributed by atoms with Crippen molar-refractivity contribution in [2.45, 2.75) is 51.5 Å². The zero-order valence-corrected chi connectivity index (χ0v) is 12.7. The molecule has 6 heteroatoms. The molecule has 0 aromatic rings. The molecular formula is C13H26N2O3S. The van der Waals surface area contributed by atoms with Gasteiger partial charge in [0, 0.05) is 24.8 Å². The fourth-order valence-electron chi connectivity index (χ4n) is 1.66. The number of carboxylic acid groups (broad SMARTS) is 1. The van der Waals surface area contributed by atoms with E-state index in [1.807, 2.05) is 6.26 Å². The highest BCUT2D eigenvalue weighted by Crippen LogP contribution is 2.02. The Kier molecular flexibility index (Phi) is 11.6. The van der Waals surface area contributed by atoms with Crippen molar-refractivity contribution >= 4 is 23.8 Å². The first-order valence-corrected chi connectivity index (χ1v) is 8.24. The summed E-state index contributed by atoms with van der Waals surface area (Å²) >= 11 is 1.73. The van der Waals surface area contributed by atoms with Gasteiger partial charge in [0.25, 0.3) is 0 Å². The molecule has 1 atom stereocenters. The molecule has 112 valence electrons. The molecule has 19 heavy (non-hydrogen) atoms. The third kappa shape index (κ3) is 11.9. The number of nitrogens with one attached hydrogen (secondary N) is 2. The van der Waals surface area contributed by atoms with E-state index in [0.717, 1.165) is 31.4 Å².